The Labute approximate surface area is 150 Å². The second kappa shape index (κ2) is 9.22. The molecule has 1 atom stereocenters. The SMILES string of the molecule is COC(=O)[C@H](Cc1ccccc1)NC(=O)COC(=O)c1ccc(O)cc1. The van der Waals surface area contributed by atoms with Crippen molar-refractivity contribution in [2.24, 2.45) is 0 Å². The van der Waals surface area contributed by atoms with Crippen LogP contribution in [0.3, 0.4) is 0 Å². The summed E-state index contributed by atoms with van der Waals surface area (Å²) in [5.74, 6) is -1.91. The fraction of sp³-hybridized carbons (Fsp3) is 0.211. The lowest BCUT2D eigenvalue weighted by atomic mass is 10.1. The van der Waals surface area contributed by atoms with Crippen LogP contribution in [0, 0.1) is 0 Å². The molecule has 7 heteroatoms. The predicted molar refractivity (Wildman–Crippen MR) is 92.5 cm³/mol. The van der Waals surface area contributed by atoms with E-state index in [0.717, 1.165) is 5.56 Å². The predicted octanol–water partition coefficient (Wildman–Crippen LogP) is 1.45. The third-order valence-electron chi connectivity index (χ3n) is 3.54. The molecule has 2 aromatic rings. The maximum absolute atomic E-state index is 12.0. The quantitative estimate of drug-likeness (QED) is 0.727. The van der Waals surface area contributed by atoms with Crippen LogP contribution in [0.4, 0.5) is 0 Å². The molecule has 2 N–H and O–H groups in total. The van der Waals surface area contributed by atoms with Gasteiger partial charge in [-0.15, -0.1) is 0 Å². The van der Waals surface area contributed by atoms with Gasteiger partial charge in [0.15, 0.2) is 6.61 Å². The molecule has 0 saturated carbocycles. The first-order valence-electron chi connectivity index (χ1n) is 7.87. The number of carbonyl (C=O) groups excluding carboxylic acids is 3. The van der Waals surface area contributed by atoms with Crippen molar-refractivity contribution in [1.29, 1.82) is 0 Å². The number of benzene rings is 2. The molecule has 26 heavy (non-hydrogen) atoms. The lowest BCUT2D eigenvalue weighted by Gasteiger charge is -2.16. The molecule has 0 heterocycles. The number of phenolic OH excluding ortho intramolecular Hbond substituents is 1. The number of nitrogens with one attached hydrogen (secondary N) is 1. The molecule has 0 radical (unpaired) electrons. The highest BCUT2D eigenvalue weighted by Crippen LogP contribution is 2.10. The number of rotatable bonds is 7. The highest BCUT2D eigenvalue weighted by molar-refractivity contribution is 5.92. The van der Waals surface area contributed by atoms with Crippen LogP contribution in [0.25, 0.3) is 0 Å². The molecule has 0 unspecified atom stereocenters. The van der Waals surface area contributed by atoms with Crippen LogP contribution >= 0.6 is 0 Å². The van der Waals surface area contributed by atoms with E-state index in [1.165, 1.54) is 31.4 Å². The normalized spacial score (nSPS) is 11.3. The van der Waals surface area contributed by atoms with E-state index in [1.807, 2.05) is 30.3 Å². The number of hydrogen-bond acceptors (Lipinski definition) is 6. The van der Waals surface area contributed by atoms with Gasteiger partial charge in [0.05, 0.1) is 12.7 Å². The molecule has 0 aliphatic heterocycles. The zero-order valence-corrected chi connectivity index (χ0v) is 14.2. The van der Waals surface area contributed by atoms with Crippen LogP contribution in [0.2, 0.25) is 0 Å². The van der Waals surface area contributed by atoms with E-state index in [9.17, 15) is 19.5 Å². The van der Waals surface area contributed by atoms with Gasteiger partial charge in [0.1, 0.15) is 11.8 Å². The molecule has 0 bridgehead atoms. The highest BCUT2D eigenvalue weighted by atomic mass is 16.5. The van der Waals surface area contributed by atoms with Crippen molar-refractivity contribution in [2.75, 3.05) is 13.7 Å². The minimum absolute atomic E-state index is 0.0149. The molecule has 1 amide bonds. The molecule has 0 aliphatic carbocycles. The van der Waals surface area contributed by atoms with E-state index in [0.29, 0.717) is 0 Å². The number of carbonyl (C=O) groups is 3. The van der Waals surface area contributed by atoms with E-state index in [1.54, 1.807) is 0 Å². The first-order valence-corrected chi connectivity index (χ1v) is 7.87. The van der Waals surface area contributed by atoms with Crippen LogP contribution < -0.4 is 5.32 Å². The molecule has 0 spiro atoms. The summed E-state index contributed by atoms with van der Waals surface area (Å²) >= 11 is 0. The molecular weight excluding hydrogens is 338 g/mol. The Kier molecular flexibility index (Phi) is 6.73. The molecule has 0 aromatic heterocycles. The first-order chi connectivity index (χ1) is 12.5. The van der Waals surface area contributed by atoms with Gasteiger partial charge in [0.25, 0.3) is 5.91 Å². The van der Waals surface area contributed by atoms with Gasteiger partial charge in [-0.25, -0.2) is 9.59 Å². The number of methoxy groups -OCH3 is 1. The topological polar surface area (TPSA) is 102 Å². The molecule has 136 valence electrons. The standard InChI is InChI=1S/C19H19NO6/c1-25-19(24)16(11-13-5-3-2-4-6-13)20-17(22)12-26-18(23)14-7-9-15(21)10-8-14/h2-10,16,21H,11-12H2,1H3,(H,20,22)/t16-/m0/s1. The van der Waals surface area contributed by atoms with Gasteiger partial charge >= 0.3 is 11.9 Å². The number of phenols is 1. The Balaban J connectivity index is 1.91. The van der Waals surface area contributed by atoms with E-state index >= 15 is 0 Å². The van der Waals surface area contributed by atoms with Crippen molar-refractivity contribution in [2.45, 2.75) is 12.5 Å². The van der Waals surface area contributed by atoms with Crippen LogP contribution in [-0.2, 0) is 25.5 Å². The van der Waals surface area contributed by atoms with Crippen molar-refractivity contribution in [1.82, 2.24) is 5.32 Å². The second-order valence-electron chi connectivity index (χ2n) is 5.46. The van der Waals surface area contributed by atoms with E-state index in [2.05, 4.69) is 5.32 Å². The van der Waals surface area contributed by atoms with Crippen LogP contribution in [0.5, 0.6) is 5.75 Å². The van der Waals surface area contributed by atoms with Gasteiger partial charge in [-0.1, -0.05) is 30.3 Å². The average molecular weight is 357 g/mol. The summed E-state index contributed by atoms with van der Waals surface area (Å²) in [4.78, 5) is 35.7. The number of esters is 2. The molecule has 0 aliphatic rings. The summed E-state index contributed by atoms with van der Waals surface area (Å²) in [6, 6.07) is 13.7. The highest BCUT2D eigenvalue weighted by Gasteiger charge is 2.22. The zero-order valence-electron chi connectivity index (χ0n) is 14.2. The second-order valence-corrected chi connectivity index (χ2v) is 5.46. The first kappa shape index (κ1) is 19.0. The summed E-state index contributed by atoms with van der Waals surface area (Å²) in [7, 11) is 1.23. The van der Waals surface area contributed by atoms with Crippen molar-refractivity contribution < 1.29 is 29.0 Å². The van der Waals surface area contributed by atoms with Crippen LogP contribution in [0.1, 0.15) is 15.9 Å². The molecule has 7 nitrogen and oxygen atoms in total. The van der Waals surface area contributed by atoms with Crippen LogP contribution in [-0.4, -0.2) is 42.7 Å². The summed E-state index contributed by atoms with van der Waals surface area (Å²) in [5, 5.41) is 11.7. The molecule has 0 saturated heterocycles. The van der Waals surface area contributed by atoms with Crippen molar-refractivity contribution in [3.8, 4) is 5.75 Å². The Morgan fingerprint density at radius 2 is 1.69 bits per heavy atom. The lowest BCUT2D eigenvalue weighted by Crippen LogP contribution is -2.44. The van der Waals surface area contributed by atoms with Gasteiger partial charge in [-0.3, -0.25) is 4.79 Å². The molecule has 0 fully saturated rings. The maximum Gasteiger partial charge on any atom is 0.338 e. The summed E-state index contributed by atoms with van der Waals surface area (Å²) in [6.45, 7) is -0.540. The minimum Gasteiger partial charge on any atom is -0.508 e. The van der Waals surface area contributed by atoms with E-state index in [4.69, 9.17) is 9.47 Å². The van der Waals surface area contributed by atoms with Gasteiger partial charge in [-0.05, 0) is 29.8 Å². The lowest BCUT2D eigenvalue weighted by molar-refractivity contribution is -0.145. The van der Waals surface area contributed by atoms with E-state index in [-0.39, 0.29) is 17.7 Å². The number of amides is 1. The monoisotopic (exact) mass is 357 g/mol. The van der Waals surface area contributed by atoms with Gasteiger partial charge < -0.3 is 19.9 Å². The maximum atomic E-state index is 12.0. The molecule has 2 rings (SSSR count). The van der Waals surface area contributed by atoms with Gasteiger partial charge in [0, 0.05) is 6.42 Å². The smallest absolute Gasteiger partial charge is 0.338 e. The zero-order chi connectivity index (χ0) is 18.9. The Morgan fingerprint density at radius 3 is 2.31 bits per heavy atom. The Bertz CT molecular complexity index is 757. The Hall–Kier alpha value is -3.35. The fourth-order valence-corrected chi connectivity index (χ4v) is 2.23. The number of ether oxygens (including phenoxy) is 2. The molecular formula is C19H19NO6. The third-order valence-corrected chi connectivity index (χ3v) is 3.54. The van der Waals surface area contributed by atoms with Crippen LogP contribution in [0.15, 0.2) is 54.6 Å². The van der Waals surface area contributed by atoms with Gasteiger partial charge in [0.2, 0.25) is 0 Å². The number of hydrogen-bond donors (Lipinski definition) is 2. The minimum atomic E-state index is -0.887. The van der Waals surface area contributed by atoms with Gasteiger partial charge in [-0.2, -0.15) is 0 Å². The largest absolute Gasteiger partial charge is 0.508 e. The molecule has 2 aromatic carbocycles. The summed E-state index contributed by atoms with van der Waals surface area (Å²) in [5.41, 5.74) is 1.05. The summed E-state index contributed by atoms with van der Waals surface area (Å²) < 4.78 is 9.62. The van der Waals surface area contributed by atoms with E-state index < -0.39 is 30.5 Å². The average Bonchev–Trinajstić information content (AvgIpc) is 2.66. The van der Waals surface area contributed by atoms with Crippen molar-refractivity contribution in [3.05, 3.63) is 65.7 Å². The van der Waals surface area contributed by atoms with Crippen molar-refractivity contribution in [3.63, 3.8) is 0 Å². The summed E-state index contributed by atoms with van der Waals surface area (Å²) in [6.07, 6.45) is 0.255. The number of aromatic hydroxyl groups is 1. The third kappa shape index (κ3) is 5.62. The Morgan fingerprint density at radius 1 is 1.04 bits per heavy atom. The fourth-order valence-electron chi connectivity index (χ4n) is 2.23. The van der Waals surface area contributed by atoms with Crippen molar-refractivity contribution >= 4 is 17.8 Å².